The molecule has 0 spiro atoms. The molecule has 0 fully saturated rings. The van der Waals surface area contributed by atoms with E-state index >= 15 is 0 Å². The van der Waals surface area contributed by atoms with Gasteiger partial charge in [-0.1, -0.05) is 48.2 Å². The van der Waals surface area contributed by atoms with E-state index < -0.39 is 0 Å². The predicted molar refractivity (Wildman–Crippen MR) is 87.8 cm³/mol. The van der Waals surface area contributed by atoms with Crippen molar-refractivity contribution in [1.29, 1.82) is 0 Å². The SMILES string of the molecule is Cn1c(=O)cc(Sc2ccccc2)c(=O)n1-c1ccccc1. The fourth-order valence-electron chi connectivity index (χ4n) is 2.15. The highest BCUT2D eigenvalue weighted by molar-refractivity contribution is 7.99. The molecule has 0 saturated carbocycles. The molecule has 1 aromatic heterocycles. The molecular formula is C17H14N2O2S. The van der Waals surface area contributed by atoms with Crippen LogP contribution in [0.4, 0.5) is 0 Å². The zero-order valence-corrected chi connectivity index (χ0v) is 12.8. The van der Waals surface area contributed by atoms with E-state index in [0.717, 1.165) is 4.90 Å². The monoisotopic (exact) mass is 310 g/mol. The molecule has 0 aliphatic heterocycles. The first kappa shape index (κ1) is 14.4. The Balaban J connectivity index is 2.16. The largest absolute Gasteiger partial charge is 0.284 e. The van der Waals surface area contributed by atoms with Crippen molar-refractivity contribution in [2.24, 2.45) is 7.05 Å². The van der Waals surface area contributed by atoms with E-state index in [9.17, 15) is 9.59 Å². The predicted octanol–water partition coefficient (Wildman–Crippen LogP) is 2.69. The highest BCUT2D eigenvalue weighted by Crippen LogP contribution is 2.23. The zero-order valence-electron chi connectivity index (χ0n) is 12.0. The summed E-state index contributed by atoms with van der Waals surface area (Å²) in [6, 6.07) is 20.1. The summed E-state index contributed by atoms with van der Waals surface area (Å²) in [7, 11) is 1.59. The van der Waals surface area contributed by atoms with Gasteiger partial charge in [0.2, 0.25) is 0 Å². The molecule has 0 aliphatic carbocycles. The third-order valence-corrected chi connectivity index (χ3v) is 4.27. The quantitative estimate of drug-likeness (QED) is 0.747. The number of hydrogen-bond donors (Lipinski definition) is 0. The molecule has 0 amide bonds. The van der Waals surface area contributed by atoms with Crippen molar-refractivity contribution < 1.29 is 0 Å². The van der Waals surface area contributed by atoms with Gasteiger partial charge in [-0.05, 0) is 24.3 Å². The van der Waals surface area contributed by atoms with E-state index in [1.54, 1.807) is 19.2 Å². The molecule has 110 valence electrons. The van der Waals surface area contributed by atoms with Crippen LogP contribution in [0.15, 0.2) is 86.1 Å². The Kier molecular flexibility index (Phi) is 3.98. The van der Waals surface area contributed by atoms with E-state index in [1.807, 2.05) is 48.5 Å². The summed E-state index contributed by atoms with van der Waals surface area (Å²) >= 11 is 1.30. The molecule has 5 heteroatoms. The van der Waals surface area contributed by atoms with Gasteiger partial charge in [-0.2, -0.15) is 0 Å². The average molecular weight is 310 g/mol. The summed E-state index contributed by atoms with van der Waals surface area (Å²) in [6.07, 6.45) is 0. The molecule has 0 saturated heterocycles. The number of nitrogens with zero attached hydrogens (tertiary/aromatic N) is 2. The van der Waals surface area contributed by atoms with Crippen molar-refractivity contribution in [2.45, 2.75) is 9.79 Å². The number of rotatable bonds is 3. The van der Waals surface area contributed by atoms with Gasteiger partial charge in [-0.15, -0.1) is 0 Å². The van der Waals surface area contributed by atoms with Crippen LogP contribution in [0.5, 0.6) is 0 Å². The van der Waals surface area contributed by atoms with Crippen molar-refractivity contribution in [3.63, 3.8) is 0 Å². The van der Waals surface area contributed by atoms with Gasteiger partial charge in [0.05, 0.1) is 10.6 Å². The molecule has 22 heavy (non-hydrogen) atoms. The van der Waals surface area contributed by atoms with Crippen LogP contribution < -0.4 is 11.1 Å². The lowest BCUT2D eigenvalue weighted by Crippen LogP contribution is -2.36. The summed E-state index contributed by atoms with van der Waals surface area (Å²) in [5.41, 5.74) is 0.242. The Morgan fingerprint density at radius 2 is 1.45 bits per heavy atom. The Morgan fingerprint density at radius 3 is 2.09 bits per heavy atom. The molecule has 0 radical (unpaired) electrons. The second-order valence-electron chi connectivity index (χ2n) is 4.74. The van der Waals surface area contributed by atoms with Crippen LogP contribution in [0.25, 0.3) is 5.69 Å². The molecule has 1 heterocycles. The van der Waals surface area contributed by atoms with Crippen LogP contribution in [0.1, 0.15) is 0 Å². The van der Waals surface area contributed by atoms with E-state index in [4.69, 9.17) is 0 Å². The lowest BCUT2D eigenvalue weighted by molar-refractivity contribution is 0.581. The molecule has 0 bridgehead atoms. The number of hydrogen-bond acceptors (Lipinski definition) is 3. The summed E-state index contributed by atoms with van der Waals surface area (Å²) in [5, 5.41) is 0. The molecule has 0 N–H and O–H groups in total. The van der Waals surface area contributed by atoms with Crippen LogP contribution in [0.2, 0.25) is 0 Å². The molecule has 3 aromatic rings. The van der Waals surface area contributed by atoms with Crippen molar-refractivity contribution in [3.05, 3.63) is 87.4 Å². The first-order valence-electron chi connectivity index (χ1n) is 6.78. The fourth-order valence-corrected chi connectivity index (χ4v) is 3.04. The first-order valence-corrected chi connectivity index (χ1v) is 7.60. The average Bonchev–Trinajstić information content (AvgIpc) is 2.55. The van der Waals surface area contributed by atoms with Crippen molar-refractivity contribution >= 4 is 11.8 Å². The van der Waals surface area contributed by atoms with Gasteiger partial charge in [0.1, 0.15) is 0 Å². The maximum absolute atomic E-state index is 12.7. The minimum Gasteiger partial charge on any atom is -0.268 e. The van der Waals surface area contributed by atoms with E-state index in [0.29, 0.717) is 10.6 Å². The summed E-state index contributed by atoms with van der Waals surface area (Å²) < 4.78 is 2.72. The minimum absolute atomic E-state index is 0.206. The Labute approximate surface area is 131 Å². The van der Waals surface area contributed by atoms with Crippen LogP contribution in [-0.4, -0.2) is 9.36 Å². The summed E-state index contributed by atoms with van der Waals surface area (Å²) in [5.74, 6) is 0. The molecule has 4 nitrogen and oxygen atoms in total. The molecule has 0 aliphatic rings. The van der Waals surface area contributed by atoms with Crippen LogP contribution in [0, 0.1) is 0 Å². The molecule has 0 atom stereocenters. The maximum Gasteiger partial charge on any atom is 0.284 e. The normalized spacial score (nSPS) is 10.6. The third-order valence-electron chi connectivity index (χ3n) is 3.25. The van der Waals surface area contributed by atoms with Gasteiger partial charge in [0, 0.05) is 18.0 Å². The van der Waals surface area contributed by atoms with Gasteiger partial charge in [0.15, 0.2) is 0 Å². The van der Waals surface area contributed by atoms with Crippen molar-refractivity contribution in [1.82, 2.24) is 9.36 Å². The topological polar surface area (TPSA) is 44.0 Å². The fraction of sp³-hybridized carbons (Fsp3) is 0.0588. The van der Waals surface area contributed by atoms with Crippen LogP contribution in [0.3, 0.4) is 0 Å². The first-order chi connectivity index (χ1) is 10.7. The van der Waals surface area contributed by atoms with Gasteiger partial charge < -0.3 is 0 Å². The number of aromatic nitrogens is 2. The molecule has 2 aromatic carbocycles. The van der Waals surface area contributed by atoms with Gasteiger partial charge in [0.25, 0.3) is 11.1 Å². The van der Waals surface area contributed by atoms with E-state index in [-0.39, 0.29) is 11.1 Å². The smallest absolute Gasteiger partial charge is 0.268 e. The van der Waals surface area contributed by atoms with Gasteiger partial charge in [-0.25, -0.2) is 9.36 Å². The van der Waals surface area contributed by atoms with Gasteiger partial charge >= 0.3 is 0 Å². The number of benzene rings is 2. The number of para-hydroxylation sites is 1. The van der Waals surface area contributed by atoms with Crippen LogP contribution >= 0.6 is 11.8 Å². The molecule has 0 unspecified atom stereocenters. The van der Waals surface area contributed by atoms with Crippen LogP contribution in [-0.2, 0) is 7.05 Å². The summed E-state index contributed by atoms with van der Waals surface area (Å²) in [6.45, 7) is 0. The second-order valence-corrected chi connectivity index (χ2v) is 5.85. The van der Waals surface area contributed by atoms with Gasteiger partial charge in [-0.3, -0.25) is 9.59 Å². The Morgan fingerprint density at radius 1 is 0.864 bits per heavy atom. The standard InChI is InChI=1S/C17H14N2O2S/c1-18-16(20)12-15(22-14-10-6-3-7-11-14)17(21)19(18)13-8-4-2-5-9-13/h2-12H,1H3. The maximum atomic E-state index is 12.7. The summed E-state index contributed by atoms with van der Waals surface area (Å²) in [4.78, 5) is 26.2. The van der Waals surface area contributed by atoms with Crippen molar-refractivity contribution in [2.75, 3.05) is 0 Å². The van der Waals surface area contributed by atoms with Crippen molar-refractivity contribution in [3.8, 4) is 5.69 Å². The molecule has 3 rings (SSSR count). The lowest BCUT2D eigenvalue weighted by Gasteiger charge is -2.13. The Hall–Kier alpha value is -2.53. The Bertz CT molecular complexity index is 899. The zero-order chi connectivity index (χ0) is 15.5. The highest BCUT2D eigenvalue weighted by Gasteiger charge is 2.11. The lowest BCUT2D eigenvalue weighted by atomic mass is 10.3. The van der Waals surface area contributed by atoms with E-state index in [1.165, 1.54) is 27.2 Å². The minimum atomic E-state index is -0.220. The second kappa shape index (κ2) is 6.07. The van der Waals surface area contributed by atoms with E-state index in [2.05, 4.69) is 0 Å². The highest BCUT2D eigenvalue weighted by atomic mass is 32.2. The third kappa shape index (κ3) is 2.76. The molecular weight excluding hydrogens is 296 g/mol.